The van der Waals surface area contributed by atoms with E-state index in [1.165, 1.54) is 0 Å². The minimum atomic E-state index is -4.48. The lowest BCUT2D eigenvalue weighted by molar-refractivity contribution is 0.579. The van der Waals surface area contributed by atoms with Gasteiger partial charge in [0.05, 0.1) is 0 Å². The van der Waals surface area contributed by atoms with Gasteiger partial charge in [-0.15, -0.1) is 0 Å². The molecule has 0 aromatic heterocycles. The van der Waals surface area contributed by atoms with Gasteiger partial charge in [0.25, 0.3) is 0 Å². The highest BCUT2D eigenvalue weighted by molar-refractivity contribution is 6.83. The average Bonchev–Trinajstić information content (AvgIpc) is 1.14. The van der Waals surface area contributed by atoms with Crippen LogP contribution in [0.3, 0.4) is 0 Å². The van der Waals surface area contributed by atoms with Crippen molar-refractivity contribution in [3.8, 4) is 0 Å². The molecule has 0 radical (unpaired) electrons. The van der Waals surface area contributed by atoms with E-state index in [0.29, 0.717) is 13.1 Å². The Hall–Kier alpha value is 0.154. The zero-order valence-corrected chi connectivity index (χ0v) is 7.22. The Morgan fingerprint density at radius 3 is 1.11 bits per heavy atom. The molecule has 0 unspecified atom stereocenters. The maximum absolute atomic E-state index is 11.9. The standard InChI is InChI=1S/C3H8F4Si2/c1-8(4,5)3-9(2,6)7/h3H2,1-2H3. The first kappa shape index (κ1) is 9.15. The van der Waals surface area contributed by atoms with Crippen molar-refractivity contribution in [1.82, 2.24) is 0 Å². The summed E-state index contributed by atoms with van der Waals surface area (Å²) in [7, 11) is -8.96. The lowest BCUT2D eigenvalue weighted by Crippen LogP contribution is -2.30. The Kier molecular flexibility index (Phi) is 2.45. The van der Waals surface area contributed by atoms with Gasteiger partial charge in [0.15, 0.2) is 0 Å². The lowest BCUT2D eigenvalue weighted by atomic mass is 11.8. The first-order valence-corrected chi connectivity index (χ1v) is 7.39. The monoisotopic (exact) mass is 176 g/mol. The Bertz CT molecular complexity index is 79.0. The summed E-state index contributed by atoms with van der Waals surface area (Å²) in [4.78, 5) is 0. The van der Waals surface area contributed by atoms with Crippen molar-refractivity contribution in [3.05, 3.63) is 0 Å². The van der Waals surface area contributed by atoms with E-state index in [9.17, 15) is 16.4 Å². The van der Waals surface area contributed by atoms with Gasteiger partial charge in [-0.1, -0.05) is 0 Å². The van der Waals surface area contributed by atoms with Gasteiger partial charge in [0.1, 0.15) is 0 Å². The van der Waals surface area contributed by atoms with E-state index in [1.807, 2.05) is 0 Å². The molecule has 0 aliphatic rings. The van der Waals surface area contributed by atoms with Gasteiger partial charge in [-0.2, -0.15) is 0 Å². The van der Waals surface area contributed by atoms with Gasteiger partial charge in [-0.3, -0.25) is 16.4 Å². The minimum Gasteiger partial charge on any atom is -0.271 e. The van der Waals surface area contributed by atoms with E-state index in [0.717, 1.165) is 0 Å². The van der Waals surface area contributed by atoms with Gasteiger partial charge in [-0.05, 0) is 13.1 Å². The molecular weight excluding hydrogens is 168 g/mol. The van der Waals surface area contributed by atoms with Crippen LogP contribution >= 0.6 is 0 Å². The van der Waals surface area contributed by atoms with E-state index in [1.54, 1.807) is 0 Å². The molecule has 0 saturated carbocycles. The Morgan fingerprint density at radius 1 is 0.889 bits per heavy atom. The van der Waals surface area contributed by atoms with Crippen molar-refractivity contribution in [2.24, 2.45) is 0 Å². The van der Waals surface area contributed by atoms with Crippen molar-refractivity contribution in [2.75, 3.05) is 0 Å². The fourth-order valence-corrected chi connectivity index (χ4v) is 4.91. The van der Waals surface area contributed by atoms with Crippen LogP contribution in [0.25, 0.3) is 0 Å². The van der Waals surface area contributed by atoms with E-state index in [-0.39, 0.29) is 0 Å². The number of hydrogen-bond donors (Lipinski definition) is 0. The van der Waals surface area contributed by atoms with Crippen molar-refractivity contribution < 1.29 is 16.4 Å². The van der Waals surface area contributed by atoms with E-state index in [2.05, 4.69) is 0 Å². The molecule has 0 heterocycles. The van der Waals surface area contributed by atoms with Crippen molar-refractivity contribution in [3.63, 3.8) is 0 Å². The molecule has 0 rings (SSSR count). The van der Waals surface area contributed by atoms with Crippen LogP contribution < -0.4 is 0 Å². The molecule has 0 amide bonds. The summed E-state index contributed by atoms with van der Waals surface area (Å²) in [6, 6.07) is 0. The summed E-state index contributed by atoms with van der Waals surface area (Å²) in [5.41, 5.74) is -1.10. The summed E-state index contributed by atoms with van der Waals surface area (Å²) in [5.74, 6) is 0. The smallest absolute Gasteiger partial charge is 0.271 e. The molecule has 0 aliphatic heterocycles. The van der Waals surface area contributed by atoms with Crippen LogP contribution in [0.2, 0.25) is 18.8 Å². The van der Waals surface area contributed by atoms with Gasteiger partial charge < -0.3 is 0 Å². The maximum atomic E-state index is 11.9. The largest absolute Gasteiger partial charge is 0.424 e. The van der Waals surface area contributed by atoms with Crippen LogP contribution in [0.15, 0.2) is 0 Å². The van der Waals surface area contributed by atoms with Gasteiger partial charge in [0.2, 0.25) is 0 Å². The van der Waals surface area contributed by atoms with Gasteiger partial charge in [0, 0.05) is 5.67 Å². The molecule has 0 saturated heterocycles. The van der Waals surface area contributed by atoms with Gasteiger partial charge >= 0.3 is 17.5 Å². The van der Waals surface area contributed by atoms with E-state index >= 15 is 0 Å². The van der Waals surface area contributed by atoms with Crippen molar-refractivity contribution in [1.29, 1.82) is 0 Å². The predicted molar refractivity (Wildman–Crippen MR) is 32.5 cm³/mol. The quantitative estimate of drug-likeness (QED) is 0.344. The Balaban J connectivity index is 3.75. The second kappa shape index (κ2) is 2.41. The van der Waals surface area contributed by atoms with Crippen LogP contribution in [-0.4, -0.2) is 17.5 Å². The SMILES string of the molecule is C[Si](F)(F)C[Si](C)(F)F. The second-order valence-corrected chi connectivity index (χ2v) is 8.01. The predicted octanol–water partition coefficient (Wildman–Crippen LogP) is 2.55. The Labute approximate surface area is 53.6 Å². The zero-order valence-electron chi connectivity index (χ0n) is 5.22. The van der Waals surface area contributed by atoms with Crippen molar-refractivity contribution in [2.45, 2.75) is 18.8 Å². The molecule has 56 valence electrons. The summed E-state index contributed by atoms with van der Waals surface area (Å²) in [5, 5.41) is 0. The van der Waals surface area contributed by atoms with Crippen LogP contribution in [-0.2, 0) is 0 Å². The number of rotatable bonds is 2. The van der Waals surface area contributed by atoms with Gasteiger partial charge in [-0.25, -0.2) is 0 Å². The molecule has 0 aliphatic carbocycles. The molecule has 0 nitrogen and oxygen atoms in total. The molecule has 0 aromatic rings. The third-order valence-electron chi connectivity index (χ3n) is 0.621. The first-order valence-electron chi connectivity index (χ1n) is 2.46. The third kappa shape index (κ3) is 8.15. The highest BCUT2D eigenvalue weighted by atomic mass is 28.5. The topological polar surface area (TPSA) is 0 Å². The lowest BCUT2D eigenvalue weighted by Gasteiger charge is -2.09. The van der Waals surface area contributed by atoms with Crippen LogP contribution in [0.5, 0.6) is 0 Å². The molecule has 0 N–H and O–H groups in total. The normalized spacial score (nSPS) is 14.0. The maximum Gasteiger partial charge on any atom is 0.424 e. The summed E-state index contributed by atoms with van der Waals surface area (Å²) < 4.78 is 47.6. The first-order chi connectivity index (χ1) is 3.71. The fraction of sp³-hybridized carbons (Fsp3) is 1.00. The molecule has 0 bridgehead atoms. The molecule has 9 heavy (non-hydrogen) atoms. The zero-order chi connectivity index (χ0) is 7.71. The third-order valence-corrected chi connectivity index (χ3v) is 5.59. The molecule has 6 heteroatoms. The Morgan fingerprint density at radius 2 is 1.11 bits per heavy atom. The molecule has 0 atom stereocenters. The summed E-state index contributed by atoms with van der Waals surface area (Å²) >= 11 is 0. The fourth-order valence-electron chi connectivity index (χ4n) is 0.545. The van der Waals surface area contributed by atoms with Crippen LogP contribution in [0, 0.1) is 0 Å². The summed E-state index contributed by atoms with van der Waals surface area (Å²) in [6.45, 7) is 1.30. The van der Waals surface area contributed by atoms with Crippen molar-refractivity contribution >= 4 is 17.5 Å². The summed E-state index contributed by atoms with van der Waals surface area (Å²) in [6.07, 6.45) is 0. The molecule has 0 fully saturated rings. The molecule has 0 spiro atoms. The minimum absolute atomic E-state index is 0.650. The second-order valence-electron chi connectivity index (χ2n) is 2.32. The molecule has 0 aromatic carbocycles. The average molecular weight is 176 g/mol. The van der Waals surface area contributed by atoms with Crippen LogP contribution in [0.1, 0.15) is 0 Å². The number of hydrogen-bond acceptors (Lipinski definition) is 0. The number of halogens is 4. The van der Waals surface area contributed by atoms with Crippen LogP contribution in [0.4, 0.5) is 16.4 Å². The molecular formula is C3H8F4Si2. The highest BCUT2D eigenvalue weighted by Crippen LogP contribution is 2.23. The highest BCUT2D eigenvalue weighted by Gasteiger charge is 2.43. The van der Waals surface area contributed by atoms with E-state index < -0.39 is 23.2 Å². The van der Waals surface area contributed by atoms with E-state index in [4.69, 9.17) is 0 Å².